The fourth-order valence-corrected chi connectivity index (χ4v) is 3.65. The van der Waals surface area contributed by atoms with Crippen molar-refractivity contribution in [2.45, 2.75) is 19.3 Å². The molecule has 6 nitrogen and oxygen atoms in total. The quantitative estimate of drug-likeness (QED) is 0.650. The van der Waals surface area contributed by atoms with Crippen LogP contribution in [0.3, 0.4) is 0 Å². The van der Waals surface area contributed by atoms with Crippen molar-refractivity contribution < 1.29 is 9.72 Å². The monoisotopic (exact) mass is 359 g/mol. The Morgan fingerprint density at radius 1 is 1.30 bits per heavy atom. The maximum Gasteiger partial charge on any atom is 0.282 e. The molecule has 2 saturated heterocycles. The van der Waals surface area contributed by atoms with E-state index in [1.807, 2.05) is 0 Å². The van der Waals surface area contributed by atoms with Crippen molar-refractivity contribution in [3.63, 3.8) is 0 Å². The van der Waals surface area contributed by atoms with E-state index in [0.29, 0.717) is 18.1 Å². The lowest BCUT2D eigenvalue weighted by Crippen LogP contribution is -2.39. The molecule has 2 aliphatic heterocycles. The van der Waals surface area contributed by atoms with Crippen LogP contribution in [0.25, 0.3) is 0 Å². The van der Waals surface area contributed by atoms with E-state index in [0.717, 1.165) is 32.4 Å². The van der Waals surface area contributed by atoms with Crippen molar-refractivity contribution in [3.05, 3.63) is 38.9 Å². The van der Waals surface area contributed by atoms with Crippen LogP contribution >= 0.6 is 24.0 Å². The minimum atomic E-state index is -0.528. The first-order valence-electron chi connectivity index (χ1n) is 7.45. The predicted molar refractivity (Wildman–Crippen MR) is 90.4 cm³/mol. The Hall–Kier alpha value is -1.37. The van der Waals surface area contributed by atoms with Crippen LogP contribution in [0.15, 0.2) is 18.2 Å². The number of rotatable bonds is 2. The smallest absolute Gasteiger partial charge is 0.282 e. The number of halogens is 2. The molecule has 1 aromatic rings. The fourth-order valence-electron chi connectivity index (χ4n) is 3.48. The molecule has 2 aliphatic rings. The van der Waals surface area contributed by atoms with Gasteiger partial charge in [0, 0.05) is 24.2 Å². The Balaban J connectivity index is 0.00000192. The number of nitrogens with zero attached hydrogens (tertiary/aromatic N) is 2. The van der Waals surface area contributed by atoms with Crippen molar-refractivity contribution >= 4 is 35.6 Å². The summed E-state index contributed by atoms with van der Waals surface area (Å²) in [5, 5.41) is 14.8. The van der Waals surface area contributed by atoms with E-state index in [2.05, 4.69) is 5.32 Å². The zero-order chi connectivity index (χ0) is 15.7. The number of likely N-dealkylation sites (tertiary alicyclic amines) is 1. The van der Waals surface area contributed by atoms with Crippen molar-refractivity contribution in [2.75, 3.05) is 26.2 Å². The molecule has 0 aliphatic carbocycles. The molecule has 0 aromatic heterocycles. The molecule has 1 aromatic carbocycles. The number of hydrogen-bond acceptors (Lipinski definition) is 4. The number of nitrogens with one attached hydrogen (secondary N) is 1. The van der Waals surface area contributed by atoms with Gasteiger partial charge in [0.05, 0.1) is 4.92 Å². The molecule has 0 bridgehead atoms. The number of carbonyl (C=O) groups excluding carboxylic acids is 1. The molecular weight excluding hydrogens is 341 g/mol. The van der Waals surface area contributed by atoms with E-state index in [1.165, 1.54) is 18.2 Å². The first-order chi connectivity index (χ1) is 10.5. The average Bonchev–Trinajstić information content (AvgIpc) is 2.90. The maximum absolute atomic E-state index is 12.7. The number of nitro benzene ring substituents is 1. The Labute approximate surface area is 145 Å². The fraction of sp³-hybridized carbons (Fsp3) is 0.533. The maximum atomic E-state index is 12.7. The SMILES string of the molecule is Cl.O=C(c1cc(Cl)ccc1[N+](=O)[O-])N1CCC2(CCNCC2)C1. The lowest BCUT2D eigenvalue weighted by Gasteiger charge is -2.33. The van der Waals surface area contributed by atoms with Crippen LogP contribution < -0.4 is 5.32 Å². The summed E-state index contributed by atoms with van der Waals surface area (Å²) in [6.07, 6.45) is 3.07. The third-order valence-electron chi connectivity index (χ3n) is 4.78. The molecule has 2 heterocycles. The number of hydrogen-bond donors (Lipinski definition) is 1. The standard InChI is InChI=1S/C15H18ClN3O3.ClH/c16-11-1-2-13(19(21)22)12(9-11)14(20)18-8-5-15(10-18)3-6-17-7-4-15;/h1-2,9,17H,3-8,10H2;1H. The summed E-state index contributed by atoms with van der Waals surface area (Å²) in [4.78, 5) is 25.0. The Kier molecular flexibility index (Phi) is 5.49. The summed E-state index contributed by atoms with van der Waals surface area (Å²) in [5.41, 5.74) is 0.0815. The largest absolute Gasteiger partial charge is 0.338 e. The van der Waals surface area contributed by atoms with Crippen LogP contribution in [-0.2, 0) is 0 Å². The Bertz CT molecular complexity index is 618. The van der Waals surface area contributed by atoms with E-state index in [1.54, 1.807) is 4.90 Å². The first kappa shape index (κ1) is 18.0. The molecule has 0 radical (unpaired) electrons. The molecule has 3 rings (SSSR count). The van der Waals surface area contributed by atoms with Crippen LogP contribution in [0.4, 0.5) is 5.69 Å². The summed E-state index contributed by atoms with van der Waals surface area (Å²) in [5.74, 6) is -0.287. The first-order valence-corrected chi connectivity index (χ1v) is 7.83. The lowest BCUT2D eigenvalue weighted by molar-refractivity contribution is -0.385. The van der Waals surface area contributed by atoms with Gasteiger partial charge in [-0.15, -0.1) is 12.4 Å². The number of benzene rings is 1. The molecule has 1 amide bonds. The van der Waals surface area contributed by atoms with Gasteiger partial charge in [0.15, 0.2) is 0 Å². The second-order valence-corrected chi connectivity index (χ2v) is 6.58. The van der Waals surface area contributed by atoms with Gasteiger partial charge in [-0.2, -0.15) is 0 Å². The van der Waals surface area contributed by atoms with Gasteiger partial charge in [-0.25, -0.2) is 0 Å². The summed E-state index contributed by atoms with van der Waals surface area (Å²) >= 11 is 5.91. The van der Waals surface area contributed by atoms with Gasteiger partial charge in [-0.1, -0.05) is 11.6 Å². The molecule has 1 N–H and O–H groups in total. The number of piperidine rings is 1. The molecule has 126 valence electrons. The van der Waals surface area contributed by atoms with Gasteiger partial charge in [-0.05, 0) is 49.9 Å². The van der Waals surface area contributed by atoms with Crippen LogP contribution in [-0.4, -0.2) is 41.9 Å². The van der Waals surface area contributed by atoms with Crippen molar-refractivity contribution in [3.8, 4) is 0 Å². The highest BCUT2D eigenvalue weighted by atomic mass is 35.5. The van der Waals surface area contributed by atoms with Crippen LogP contribution in [0.1, 0.15) is 29.6 Å². The topological polar surface area (TPSA) is 75.5 Å². The second kappa shape index (κ2) is 7.03. The minimum Gasteiger partial charge on any atom is -0.338 e. The van der Waals surface area contributed by atoms with Gasteiger partial charge in [0.25, 0.3) is 11.6 Å². The van der Waals surface area contributed by atoms with E-state index in [-0.39, 0.29) is 35.0 Å². The van der Waals surface area contributed by atoms with E-state index in [4.69, 9.17) is 11.6 Å². The van der Waals surface area contributed by atoms with E-state index in [9.17, 15) is 14.9 Å². The summed E-state index contributed by atoms with van der Waals surface area (Å²) in [6, 6.07) is 4.14. The molecule has 0 atom stereocenters. The minimum absolute atomic E-state index is 0. The highest BCUT2D eigenvalue weighted by Gasteiger charge is 2.41. The third-order valence-corrected chi connectivity index (χ3v) is 5.01. The number of amides is 1. The van der Waals surface area contributed by atoms with Crippen molar-refractivity contribution in [1.29, 1.82) is 0 Å². The normalized spacial score (nSPS) is 19.4. The molecule has 1 spiro atoms. The predicted octanol–water partition coefficient (Wildman–Crippen LogP) is 2.89. The molecule has 0 unspecified atom stereocenters. The Morgan fingerprint density at radius 2 is 2.00 bits per heavy atom. The van der Waals surface area contributed by atoms with Crippen LogP contribution in [0.2, 0.25) is 5.02 Å². The van der Waals surface area contributed by atoms with Crippen molar-refractivity contribution in [2.24, 2.45) is 5.41 Å². The summed E-state index contributed by atoms with van der Waals surface area (Å²) < 4.78 is 0. The Morgan fingerprint density at radius 3 is 2.65 bits per heavy atom. The number of nitro groups is 1. The molecule has 8 heteroatoms. The van der Waals surface area contributed by atoms with Gasteiger partial charge >= 0.3 is 0 Å². The van der Waals surface area contributed by atoms with Crippen molar-refractivity contribution in [1.82, 2.24) is 10.2 Å². The zero-order valence-corrected chi connectivity index (χ0v) is 14.2. The van der Waals surface area contributed by atoms with Gasteiger partial charge in [-0.3, -0.25) is 14.9 Å². The molecule has 0 saturated carbocycles. The van der Waals surface area contributed by atoms with Crippen LogP contribution in [0.5, 0.6) is 0 Å². The average molecular weight is 360 g/mol. The summed E-state index contributed by atoms with van der Waals surface area (Å²) in [6.45, 7) is 3.28. The second-order valence-electron chi connectivity index (χ2n) is 6.15. The lowest BCUT2D eigenvalue weighted by atomic mass is 9.78. The number of carbonyl (C=O) groups is 1. The van der Waals surface area contributed by atoms with Gasteiger partial charge in [0.1, 0.15) is 5.56 Å². The molecule has 2 fully saturated rings. The highest BCUT2D eigenvalue weighted by molar-refractivity contribution is 6.31. The molecule has 23 heavy (non-hydrogen) atoms. The highest BCUT2D eigenvalue weighted by Crippen LogP contribution is 2.39. The van der Waals surface area contributed by atoms with E-state index < -0.39 is 4.92 Å². The van der Waals surface area contributed by atoms with Gasteiger partial charge in [0.2, 0.25) is 0 Å². The summed E-state index contributed by atoms with van der Waals surface area (Å²) in [7, 11) is 0. The molecular formula is C15H19Cl2N3O3. The van der Waals surface area contributed by atoms with E-state index >= 15 is 0 Å². The third kappa shape index (κ3) is 3.59. The zero-order valence-electron chi connectivity index (χ0n) is 12.6. The van der Waals surface area contributed by atoms with Crippen LogP contribution in [0, 0.1) is 15.5 Å². The van der Waals surface area contributed by atoms with Gasteiger partial charge < -0.3 is 10.2 Å².